The summed E-state index contributed by atoms with van der Waals surface area (Å²) in [5.74, 6) is -0.0756. The Hall–Kier alpha value is -0.860. The summed E-state index contributed by atoms with van der Waals surface area (Å²) in [7, 11) is 0. The van der Waals surface area contributed by atoms with E-state index in [1.807, 2.05) is 0 Å². The molecule has 0 saturated carbocycles. The van der Waals surface area contributed by atoms with Gasteiger partial charge < -0.3 is 4.74 Å². The average Bonchev–Trinajstić information content (AvgIpc) is 2.11. The Morgan fingerprint density at radius 2 is 1.92 bits per heavy atom. The zero-order chi connectivity index (χ0) is 8.97. The summed E-state index contributed by atoms with van der Waals surface area (Å²) < 4.78 is 4.89. The van der Waals surface area contributed by atoms with Gasteiger partial charge in [-0.1, -0.05) is 6.92 Å². The highest BCUT2D eigenvalue weighted by atomic mass is 16.5. The summed E-state index contributed by atoms with van der Waals surface area (Å²) in [6, 6.07) is 0. The van der Waals surface area contributed by atoms with E-state index < -0.39 is 0 Å². The monoisotopic (exact) mass is 170 g/mol. The normalized spacial score (nSPS) is 26.9. The Labute approximate surface area is 72.1 Å². The molecule has 0 aliphatic carbocycles. The number of cyclic esters (lactones) is 1. The highest BCUT2D eigenvalue weighted by Crippen LogP contribution is 2.11. The van der Waals surface area contributed by atoms with E-state index >= 15 is 0 Å². The van der Waals surface area contributed by atoms with Crippen molar-refractivity contribution in [3.8, 4) is 0 Å². The first-order valence-corrected chi connectivity index (χ1v) is 4.38. The molecular weight excluding hydrogens is 156 g/mol. The molecule has 1 saturated heterocycles. The van der Waals surface area contributed by atoms with Crippen molar-refractivity contribution in [3.63, 3.8) is 0 Å². The summed E-state index contributed by atoms with van der Waals surface area (Å²) >= 11 is 0. The lowest BCUT2D eigenvalue weighted by atomic mass is 10.0. The number of ketones is 1. The van der Waals surface area contributed by atoms with E-state index in [-0.39, 0.29) is 24.3 Å². The van der Waals surface area contributed by atoms with Crippen LogP contribution in [0.3, 0.4) is 0 Å². The standard InChI is InChI=1S/C9H14O3/c1-7-6-12-9(11)5-3-2-4-8(7)10/h7H,2-6H2,1H3. The maximum absolute atomic E-state index is 11.2. The summed E-state index contributed by atoms with van der Waals surface area (Å²) in [6.45, 7) is 2.07. The third-order valence-electron chi connectivity index (χ3n) is 2.10. The summed E-state index contributed by atoms with van der Waals surface area (Å²) in [6.07, 6.45) is 2.65. The van der Waals surface area contributed by atoms with Gasteiger partial charge in [0.25, 0.3) is 0 Å². The fourth-order valence-corrected chi connectivity index (χ4v) is 1.20. The number of hydrogen-bond acceptors (Lipinski definition) is 3. The van der Waals surface area contributed by atoms with Crippen LogP contribution in [0, 0.1) is 5.92 Å². The third-order valence-corrected chi connectivity index (χ3v) is 2.10. The molecule has 1 atom stereocenters. The van der Waals surface area contributed by atoms with Gasteiger partial charge in [-0.2, -0.15) is 0 Å². The molecule has 1 aliphatic heterocycles. The van der Waals surface area contributed by atoms with Gasteiger partial charge in [0.15, 0.2) is 0 Å². The van der Waals surface area contributed by atoms with Crippen LogP contribution in [0.5, 0.6) is 0 Å². The van der Waals surface area contributed by atoms with Crippen LogP contribution < -0.4 is 0 Å². The number of Topliss-reactive ketones (excluding diaryl/α,β-unsaturated/α-hetero) is 1. The second-order valence-electron chi connectivity index (χ2n) is 3.26. The number of rotatable bonds is 0. The van der Waals surface area contributed by atoms with Crippen molar-refractivity contribution in [2.24, 2.45) is 5.92 Å². The van der Waals surface area contributed by atoms with Gasteiger partial charge in [0.05, 0.1) is 0 Å². The number of ether oxygens (including phenoxy) is 1. The van der Waals surface area contributed by atoms with E-state index in [9.17, 15) is 9.59 Å². The average molecular weight is 170 g/mol. The van der Waals surface area contributed by atoms with E-state index in [1.54, 1.807) is 6.92 Å². The first kappa shape index (κ1) is 9.23. The minimum Gasteiger partial charge on any atom is -0.465 e. The maximum Gasteiger partial charge on any atom is 0.305 e. The predicted octanol–water partition coefficient (Wildman–Crippen LogP) is 1.31. The Kier molecular flexibility index (Phi) is 3.26. The van der Waals surface area contributed by atoms with Gasteiger partial charge in [0, 0.05) is 18.8 Å². The molecule has 68 valence electrons. The molecule has 3 heteroatoms. The highest BCUT2D eigenvalue weighted by Gasteiger charge is 2.17. The topological polar surface area (TPSA) is 43.4 Å². The van der Waals surface area contributed by atoms with Gasteiger partial charge in [0.2, 0.25) is 0 Å². The van der Waals surface area contributed by atoms with Crippen molar-refractivity contribution in [1.82, 2.24) is 0 Å². The molecule has 0 amide bonds. The first-order chi connectivity index (χ1) is 5.70. The quantitative estimate of drug-likeness (QED) is 0.515. The molecule has 1 fully saturated rings. The van der Waals surface area contributed by atoms with E-state index in [1.165, 1.54) is 0 Å². The number of carbonyl (C=O) groups excluding carboxylic acids is 2. The zero-order valence-electron chi connectivity index (χ0n) is 7.34. The fourth-order valence-electron chi connectivity index (χ4n) is 1.20. The maximum atomic E-state index is 11.2. The van der Waals surface area contributed by atoms with Crippen LogP contribution in [0.4, 0.5) is 0 Å². The van der Waals surface area contributed by atoms with E-state index in [0.717, 1.165) is 12.8 Å². The van der Waals surface area contributed by atoms with Crippen molar-refractivity contribution in [2.45, 2.75) is 32.6 Å². The van der Waals surface area contributed by atoms with Crippen LogP contribution in [-0.4, -0.2) is 18.4 Å². The van der Waals surface area contributed by atoms with Gasteiger partial charge >= 0.3 is 5.97 Å². The van der Waals surface area contributed by atoms with E-state index in [4.69, 9.17) is 4.74 Å². The molecule has 12 heavy (non-hydrogen) atoms. The van der Waals surface area contributed by atoms with Crippen molar-refractivity contribution < 1.29 is 14.3 Å². The van der Waals surface area contributed by atoms with E-state index in [2.05, 4.69) is 0 Å². The van der Waals surface area contributed by atoms with Gasteiger partial charge in [-0.05, 0) is 12.8 Å². The molecule has 0 N–H and O–H groups in total. The molecule has 0 spiro atoms. The van der Waals surface area contributed by atoms with Gasteiger partial charge in [-0.3, -0.25) is 9.59 Å². The minimum absolute atomic E-state index is 0.118. The summed E-state index contributed by atoms with van der Waals surface area (Å²) in [4.78, 5) is 22.1. The molecule has 0 radical (unpaired) electrons. The smallest absolute Gasteiger partial charge is 0.305 e. The number of esters is 1. The molecule has 3 nitrogen and oxygen atoms in total. The van der Waals surface area contributed by atoms with Gasteiger partial charge in [0.1, 0.15) is 12.4 Å². The molecule has 0 aromatic carbocycles. The van der Waals surface area contributed by atoms with Crippen molar-refractivity contribution in [2.75, 3.05) is 6.61 Å². The van der Waals surface area contributed by atoms with Crippen LogP contribution in [0.1, 0.15) is 32.6 Å². The van der Waals surface area contributed by atoms with Crippen LogP contribution >= 0.6 is 0 Å². The van der Waals surface area contributed by atoms with Crippen molar-refractivity contribution >= 4 is 11.8 Å². The Morgan fingerprint density at radius 3 is 2.67 bits per heavy atom. The van der Waals surface area contributed by atoms with Crippen LogP contribution in [0.15, 0.2) is 0 Å². The van der Waals surface area contributed by atoms with Gasteiger partial charge in [-0.25, -0.2) is 0 Å². The Bertz CT molecular complexity index is 186. The molecule has 1 unspecified atom stereocenters. The van der Waals surface area contributed by atoms with Crippen LogP contribution in [0.25, 0.3) is 0 Å². The molecule has 0 aromatic heterocycles. The van der Waals surface area contributed by atoms with Crippen molar-refractivity contribution in [3.05, 3.63) is 0 Å². The van der Waals surface area contributed by atoms with Crippen LogP contribution in [0.2, 0.25) is 0 Å². The van der Waals surface area contributed by atoms with Gasteiger partial charge in [-0.15, -0.1) is 0 Å². The Morgan fingerprint density at radius 1 is 1.25 bits per heavy atom. The second-order valence-corrected chi connectivity index (χ2v) is 3.26. The molecule has 1 heterocycles. The lowest BCUT2D eigenvalue weighted by molar-refractivity contribution is -0.145. The molecule has 0 aromatic rings. The lowest BCUT2D eigenvalue weighted by Gasteiger charge is -2.07. The fraction of sp³-hybridized carbons (Fsp3) is 0.778. The van der Waals surface area contributed by atoms with E-state index in [0.29, 0.717) is 12.8 Å². The Balaban J connectivity index is 2.48. The largest absolute Gasteiger partial charge is 0.465 e. The molecule has 1 aliphatic rings. The number of hydrogen-bond donors (Lipinski definition) is 0. The zero-order valence-corrected chi connectivity index (χ0v) is 7.34. The molecular formula is C9H14O3. The summed E-state index contributed by atoms with van der Waals surface area (Å²) in [5.41, 5.74) is 0. The summed E-state index contributed by atoms with van der Waals surface area (Å²) in [5, 5.41) is 0. The SMILES string of the molecule is CC1COC(=O)CCCCC1=O. The predicted molar refractivity (Wildman–Crippen MR) is 43.6 cm³/mol. The first-order valence-electron chi connectivity index (χ1n) is 4.38. The third kappa shape index (κ3) is 2.64. The van der Waals surface area contributed by atoms with Crippen LogP contribution in [-0.2, 0) is 14.3 Å². The highest BCUT2D eigenvalue weighted by molar-refractivity contribution is 5.81. The second kappa shape index (κ2) is 4.24. The minimum atomic E-state index is -0.170. The molecule has 1 rings (SSSR count). The number of carbonyl (C=O) groups is 2. The lowest BCUT2D eigenvalue weighted by Crippen LogP contribution is -2.17. The van der Waals surface area contributed by atoms with Crippen molar-refractivity contribution in [1.29, 1.82) is 0 Å². The molecule has 0 bridgehead atoms.